The minimum atomic E-state index is -1.50. The number of hydrogen-bond donors (Lipinski definition) is 7. The van der Waals surface area contributed by atoms with Crippen LogP contribution in [-0.4, -0.2) is 68.7 Å². The molecule has 0 saturated carbocycles. The van der Waals surface area contributed by atoms with Crippen LogP contribution in [0.2, 0.25) is 0 Å². The van der Waals surface area contributed by atoms with Gasteiger partial charge in [-0.2, -0.15) is 4.98 Å². The number of unbranched alkanes of at least 4 members (excludes halogenated alkanes) is 1. The van der Waals surface area contributed by atoms with Crippen molar-refractivity contribution >= 4 is 17.9 Å². The molecule has 0 aliphatic heterocycles. The van der Waals surface area contributed by atoms with Crippen LogP contribution in [0.25, 0.3) is 0 Å². The van der Waals surface area contributed by atoms with Crippen molar-refractivity contribution in [1.29, 1.82) is 0 Å². The number of nitrogens with zero attached hydrogens (tertiary/aromatic N) is 2. The van der Waals surface area contributed by atoms with Gasteiger partial charge < -0.3 is 41.5 Å². The average Bonchev–Trinajstić information content (AvgIpc) is 3.13. The number of nitrogens with one attached hydrogen (secondary N) is 3. The zero-order chi connectivity index (χ0) is 22.0. The van der Waals surface area contributed by atoms with Gasteiger partial charge in [-0.05, 0) is 26.2 Å². The Bertz CT molecular complexity index is 680. The summed E-state index contributed by atoms with van der Waals surface area (Å²) in [7, 11) is 0. The van der Waals surface area contributed by atoms with E-state index in [1.165, 1.54) is 13.8 Å². The highest BCUT2D eigenvalue weighted by Crippen LogP contribution is 2.19. The number of carboxylic acids is 1. The molecule has 0 spiro atoms. The molecular weight excluding hydrogens is 388 g/mol. The fraction of sp³-hybridized carbons (Fsp3) is 0.688. The third-order valence-electron chi connectivity index (χ3n) is 3.92. The zero-order valence-corrected chi connectivity index (χ0v) is 16.3. The highest BCUT2D eigenvalue weighted by atomic mass is 16.5. The summed E-state index contributed by atoms with van der Waals surface area (Å²) in [5.74, 6) is -1.46. The molecule has 0 aliphatic rings. The first kappa shape index (κ1) is 24.3. The summed E-state index contributed by atoms with van der Waals surface area (Å²) in [5, 5.41) is 38.6. The topological polar surface area (TPSA) is 213 Å². The number of carboxylic acid groups (broad SMARTS) is 1. The summed E-state index contributed by atoms with van der Waals surface area (Å²) in [6.45, 7) is 2.68. The molecule has 2 unspecified atom stereocenters. The Labute approximate surface area is 167 Å². The molecular formula is C16H28N6O7. The number of carbonyl (C=O) groups excluding carboxylic acids is 2. The highest BCUT2D eigenvalue weighted by Gasteiger charge is 2.28. The summed E-state index contributed by atoms with van der Waals surface area (Å²) in [5.41, 5.74) is 5.64. The van der Waals surface area contributed by atoms with E-state index in [0.29, 0.717) is 25.8 Å². The molecule has 0 saturated heterocycles. The van der Waals surface area contributed by atoms with Gasteiger partial charge in [0.15, 0.2) is 11.9 Å². The maximum atomic E-state index is 12.2. The lowest BCUT2D eigenvalue weighted by Crippen LogP contribution is -2.51. The number of urea groups is 1. The van der Waals surface area contributed by atoms with Crippen molar-refractivity contribution in [3.63, 3.8) is 0 Å². The number of rotatable bonds is 12. The Kier molecular flexibility index (Phi) is 9.99. The number of nitrogens with two attached hydrogens (primary N) is 1. The maximum Gasteiger partial charge on any atom is 0.328 e. The lowest BCUT2D eigenvalue weighted by molar-refractivity contribution is -0.141. The monoisotopic (exact) mass is 416 g/mol. The number of amides is 3. The Balaban J connectivity index is 2.81. The number of aliphatic hydroxyl groups is 2. The van der Waals surface area contributed by atoms with Crippen molar-refractivity contribution in [2.24, 2.45) is 5.73 Å². The predicted molar refractivity (Wildman–Crippen MR) is 98.4 cm³/mol. The van der Waals surface area contributed by atoms with Crippen molar-refractivity contribution < 1.29 is 34.2 Å². The van der Waals surface area contributed by atoms with Gasteiger partial charge in [-0.1, -0.05) is 5.16 Å². The molecule has 0 radical (unpaired) electrons. The summed E-state index contributed by atoms with van der Waals surface area (Å²) in [6, 6.07) is -3.98. The van der Waals surface area contributed by atoms with E-state index in [1.807, 2.05) is 0 Å². The number of aromatic nitrogens is 2. The number of aliphatic hydroxyl groups excluding tert-OH is 2. The summed E-state index contributed by atoms with van der Waals surface area (Å²) in [6.07, 6.45) is 0.206. The number of aliphatic carboxylic acids is 1. The van der Waals surface area contributed by atoms with Gasteiger partial charge in [0, 0.05) is 13.5 Å². The van der Waals surface area contributed by atoms with Gasteiger partial charge in [0.05, 0.1) is 18.8 Å². The van der Waals surface area contributed by atoms with Crippen LogP contribution in [0.3, 0.4) is 0 Å². The summed E-state index contributed by atoms with van der Waals surface area (Å²) < 4.78 is 5.12. The minimum absolute atomic E-state index is 0.0301. The van der Waals surface area contributed by atoms with Crippen molar-refractivity contribution in [3.8, 4) is 0 Å². The smallest absolute Gasteiger partial charge is 0.328 e. The molecule has 13 heteroatoms. The fourth-order valence-corrected chi connectivity index (χ4v) is 2.35. The van der Waals surface area contributed by atoms with Gasteiger partial charge in [-0.15, -0.1) is 0 Å². The van der Waals surface area contributed by atoms with Crippen molar-refractivity contribution in [2.45, 2.75) is 57.3 Å². The van der Waals surface area contributed by atoms with Crippen molar-refractivity contribution in [3.05, 3.63) is 11.7 Å². The van der Waals surface area contributed by atoms with E-state index in [4.69, 9.17) is 20.5 Å². The second-order valence-electron chi connectivity index (χ2n) is 6.49. The van der Waals surface area contributed by atoms with Crippen LogP contribution in [0, 0.1) is 0 Å². The molecule has 1 rings (SSSR count). The van der Waals surface area contributed by atoms with Crippen molar-refractivity contribution in [1.82, 2.24) is 26.1 Å². The largest absolute Gasteiger partial charge is 0.480 e. The van der Waals surface area contributed by atoms with E-state index >= 15 is 0 Å². The first-order valence-electron chi connectivity index (χ1n) is 9.08. The fourth-order valence-electron chi connectivity index (χ4n) is 2.35. The minimum Gasteiger partial charge on any atom is -0.480 e. The molecule has 0 fully saturated rings. The molecule has 0 aliphatic carbocycles. The van der Waals surface area contributed by atoms with E-state index in [-0.39, 0.29) is 17.6 Å². The van der Waals surface area contributed by atoms with E-state index in [0.717, 1.165) is 0 Å². The van der Waals surface area contributed by atoms with Crippen LogP contribution >= 0.6 is 0 Å². The molecule has 3 amide bonds. The lowest BCUT2D eigenvalue weighted by Gasteiger charge is -2.20. The van der Waals surface area contributed by atoms with Crippen LogP contribution in [0.15, 0.2) is 4.52 Å². The van der Waals surface area contributed by atoms with Gasteiger partial charge in [-0.3, -0.25) is 4.79 Å². The second-order valence-corrected chi connectivity index (χ2v) is 6.49. The SMILES string of the molecule is CC(=O)NCCCC[C@H](NC(=O)NC(C(=O)O)C(C)O)c1nc([C@@H](N)CO)no1. The Hall–Kier alpha value is -2.77. The molecule has 0 bridgehead atoms. The Morgan fingerprint density at radius 2 is 1.93 bits per heavy atom. The molecule has 8 N–H and O–H groups in total. The van der Waals surface area contributed by atoms with Gasteiger partial charge in [-0.25, -0.2) is 9.59 Å². The standard InChI is InChI=1S/C16H28N6O7/c1-8(24)12(15(26)27)20-16(28)19-11(5-3-4-6-18-9(2)25)14-21-13(22-29-14)10(17)7-23/h8,10-12,23-24H,3-7,17H2,1-2H3,(H,18,25)(H,26,27)(H2,19,20,28)/t8?,10-,11-,12?/m0/s1. The van der Waals surface area contributed by atoms with E-state index < -0.39 is 42.8 Å². The first-order chi connectivity index (χ1) is 13.6. The van der Waals surface area contributed by atoms with Gasteiger partial charge >= 0.3 is 12.0 Å². The quantitative estimate of drug-likeness (QED) is 0.197. The molecule has 1 heterocycles. The molecule has 1 aromatic rings. The molecule has 4 atom stereocenters. The zero-order valence-electron chi connectivity index (χ0n) is 16.3. The average molecular weight is 416 g/mol. The van der Waals surface area contributed by atoms with Crippen LogP contribution in [0.4, 0.5) is 4.79 Å². The molecule has 1 aromatic heterocycles. The van der Waals surface area contributed by atoms with Gasteiger partial charge in [0.2, 0.25) is 11.8 Å². The second kappa shape index (κ2) is 11.9. The van der Waals surface area contributed by atoms with Crippen LogP contribution in [-0.2, 0) is 9.59 Å². The Morgan fingerprint density at radius 3 is 2.48 bits per heavy atom. The third-order valence-corrected chi connectivity index (χ3v) is 3.92. The summed E-state index contributed by atoms with van der Waals surface area (Å²) >= 11 is 0. The highest BCUT2D eigenvalue weighted by molar-refractivity contribution is 5.83. The third kappa shape index (κ3) is 8.41. The van der Waals surface area contributed by atoms with Crippen LogP contribution < -0.4 is 21.7 Å². The van der Waals surface area contributed by atoms with Crippen LogP contribution in [0.5, 0.6) is 0 Å². The number of carbonyl (C=O) groups is 3. The first-order valence-corrected chi connectivity index (χ1v) is 9.08. The maximum absolute atomic E-state index is 12.2. The van der Waals surface area contributed by atoms with Gasteiger partial charge in [0.25, 0.3) is 0 Å². The summed E-state index contributed by atoms with van der Waals surface area (Å²) in [4.78, 5) is 38.3. The van der Waals surface area contributed by atoms with E-state index in [1.54, 1.807) is 0 Å². The molecule has 164 valence electrons. The Morgan fingerprint density at radius 1 is 1.24 bits per heavy atom. The van der Waals surface area contributed by atoms with E-state index in [9.17, 15) is 19.5 Å². The predicted octanol–water partition coefficient (Wildman–Crippen LogP) is -1.46. The lowest BCUT2D eigenvalue weighted by atomic mass is 10.1. The van der Waals surface area contributed by atoms with Crippen LogP contribution in [0.1, 0.15) is 56.9 Å². The molecule has 29 heavy (non-hydrogen) atoms. The van der Waals surface area contributed by atoms with Gasteiger partial charge in [0.1, 0.15) is 6.04 Å². The molecule has 13 nitrogen and oxygen atoms in total. The van der Waals surface area contributed by atoms with Crippen molar-refractivity contribution in [2.75, 3.05) is 13.2 Å². The molecule has 0 aromatic carbocycles. The number of hydrogen-bond acceptors (Lipinski definition) is 9. The normalized spacial score (nSPS) is 15.1. The van der Waals surface area contributed by atoms with E-state index in [2.05, 4.69) is 26.1 Å².